The molecule has 3 aromatic carbocycles. The van der Waals surface area contributed by atoms with Crippen LogP contribution in [0.15, 0.2) is 84.0 Å². The number of non-ortho nitro benzene ring substituents is 1. The number of carbonyl (C=O) groups excluding carboxylic acids is 3. The minimum Gasteiger partial charge on any atom is -0.464 e. The Morgan fingerprint density at radius 3 is 2.00 bits per heavy atom. The van der Waals surface area contributed by atoms with Gasteiger partial charge in [0.1, 0.15) is 5.41 Å². The lowest BCUT2D eigenvalue weighted by Crippen LogP contribution is -2.60. The lowest BCUT2D eigenvalue weighted by atomic mass is 9.61. The molecule has 1 saturated heterocycles. The van der Waals surface area contributed by atoms with E-state index in [1.165, 1.54) is 29.3 Å². The van der Waals surface area contributed by atoms with Gasteiger partial charge in [-0.25, -0.2) is 9.59 Å². The van der Waals surface area contributed by atoms with E-state index in [-0.39, 0.29) is 18.9 Å². The van der Waals surface area contributed by atoms with Crippen molar-refractivity contribution in [3.8, 4) is 0 Å². The number of nitro benzene ring substituents is 1. The summed E-state index contributed by atoms with van der Waals surface area (Å²) in [6, 6.07) is 20.7. The molecule has 1 amide bonds. The van der Waals surface area contributed by atoms with Crippen molar-refractivity contribution in [3.63, 3.8) is 0 Å². The number of para-hydroxylation sites is 1. The first-order valence-electron chi connectivity index (χ1n) is 14.0. The van der Waals surface area contributed by atoms with Crippen molar-refractivity contribution in [2.24, 2.45) is 10.5 Å². The summed E-state index contributed by atoms with van der Waals surface area (Å²) >= 11 is 0. The summed E-state index contributed by atoms with van der Waals surface area (Å²) in [5, 5.41) is 20.7. The molecule has 1 N–H and O–H groups in total. The van der Waals surface area contributed by atoms with Gasteiger partial charge in [-0.2, -0.15) is 10.1 Å². The van der Waals surface area contributed by atoms with E-state index in [1.807, 2.05) is 25.1 Å². The van der Waals surface area contributed by atoms with Crippen LogP contribution in [0.5, 0.6) is 0 Å². The average molecular weight is 585 g/mol. The van der Waals surface area contributed by atoms with Gasteiger partial charge in [0.2, 0.25) is 5.54 Å². The highest BCUT2D eigenvalue weighted by molar-refractivity contribution is 6.23. The van der Waals surface area contributed by atoms with Crippen LogP contribution in [0.25, 0.3) is 0 Å². The Labute approximate surface area is 248 Å². The predicted octanol–water partition coefficient (Wildman–Crippen LogP) is 4.61. The van der Waals surface area contributed by atoms with Crippen molar-refractivity contribution in [2.45, 2.75) is 45.2 Å². The molecule has 1 fully saturated rings. The summed E-state index contributed by atoms with van der Waals surface area (Å²) in [5.41, 5.74) is -1.24. The summed E-state index contributed by atoms with van der Waals surface area (Å²) in [4.78, 5) is 54.1. The van der Waals surface area contributed by atoms with Crippen molar-refractivity contribution >= 4 is 34.9 Å². The minimum atomic E-state index is -2.17. The lowest BCUT2D eigenvalue weighted by Gasteiger charge is -2.37. The normalized spacial score (nSPS) is 22.4. The van der Waals surface area contributed by atoms with Crippen LogP contribution in [0.4, 0.5) is 11.4 Å². The molecule has 0 unspecified atom stereocenters. The standard InChI is InChI=1S/C32H32N4O7/c1-5-42-29(38)32(30(39)43-6-2)26(22-14-12-20(3)13-15-22)31(27(33-32)23-16-18-25(19-17-23)36(40)41)21(4)34-35(28(31)37)24-10-8-7-9-11-24/h7-19,26-27,33H,5-6H2,1-4H3/t26-,27+,31+/m0/s1. The molecule has 0 aliphatic carbocycles. The number of hydrogen-bond acceptors (Lipinski definition) is 9. The number of aryl methyl sites for hydroxylation is 1. The number of ether oxygens (including phenoxy) is 2. The highest BCUT2D eigenvalue weighted by atomic mass is 16.6. The molecule has 11 nitrogen and oxygen atoms in total. The lowest BCUT2D eigenvalue weighted by molar-refractivity contribution is -0.384. The molecular formula is C32H32N4O7. The van der Waals surface area contributed by atoms with Gasteiger partial charge in [0, 0.05) is 18.1 Å². The average Bonchev–Trinajstić information content (AvgIpc) is 3.47. The maximum absolute atomic E-state index is 15.0. The first-order valence-corrected chi connectivity index (χ1v) is 14.0. The molecule has 2 aliphatic rings. The van der Waals surface area contributed by atoms with E-state index in [2.05, 4.69) is 5.32 Å². The van der Waals surface area contributed by atoms with Gasteiger partial charge < -0.3 is 9.47 Å². The Hall–Kier alpha value is -4.90. The third-order valence-electron chi connectivity index (χ3n) is 8.15. The molecule has 11 heteroatoms. The van der Waals surface area contributed by atoms with E-state index >= 15 is 0 Å². The molecule has 2 aliphatic heterocycles. The molecule has 222 valence electrons. The monoisotopic (exact) mass is 584 g/mol. The molecule has 5 rings (SSSR count). The number of nitrogens with zero attached hydrogens (tertiary/aromatic N) is 3. The Balaban J connectivity index is 1.85. The molecule has 0 bridgehead atoms. The number of hydrazone groups is 1. The second-order valence-electron chi connectivity index (χ2n) is 10.5. The Morgan fingerprint density at radius 1 is 0.907 bits per heavy atom. The molecular weight excluding hydrogens is 552 g/mol. The predicted molar refractivity (Wildman–Crippen MR) is 158 cm³/mol. The quantitative estimate of drug-likeness (QED) is 0.175. The SMILES string of the molecule is CCOC(=O)C1(C(=O)OCC)N[C@H](c2ccc([N+](=O)[O-])cc2)[C@]2(C(=O)N(c3ccccc3)N=C2C)[C@@H]1c1ccc(C)cc1. The fraction of sp³-hybridized carbons (Fsp3) is 0.312. The smallest absolute Gasteiger partial charge is 0.338 e. The van der Waals surface area contributed by atoms with E-state index in [9.17, 15) is 24.5 Å². The van der Waals surface area contributed by atoms with Gasteiger partial charge in [0.25, 0.3) is 11.6 Å². The summed E-state index contributed by atoms with van der Waals surface area (Å²) in [5.74, 6) is -3.46. The number of benzene rings is 3. The van der Waals surface area contributed by atoms with E-state index in [0.29, 0.717) is 22.5 Å². The van der Waals surface area contributed by atoms with Crippen LogP contribution in [0.1, 0.15) is 49.4 Å². The number of carbonyl (C=O) groups is 3. The van der Waals surface area contributed by atoms with Crippen molar-refractivity contribution < 1.29 is 28.8 Å². The van der Waals surface area contributed by atoms with Crippen LogP contribution in [-0.2, 0) is 23.9 Å². The van der Waals surface area contributed by atoms with Gasteiger partial charge in [-0.15, -0.1) is 0 Å². The molecule has 0 radical (unpaired) electrons. The number of nitrogens with one attached hydrogen (secondary N) is 1. The van der Waals surface area contributed by atoms with E-state index in [1.54, 1.807) is 57.2 Å². The van der Waals surface area contributed by atoms with Gasteiger partial charge in [0.15, 0.2) is 0 Å². The zero-order chi connectivity index (χ0) is 30.9. The van der Waals surface area contributed by atoms with Gasteiger partial charge in [-0.3, -0.25) is 20.2 Å². The van der Waals surface area contributed by atoms with Gasteiger partial charge in [0.05, 0.1) is 35.6 Å². The zero-order valence-electron chi connectivity index (χ0n) is 24.3. The molecule has 2 heterocycles. The Kier molecular flexibility index (Phi) is 7.85. The van der Waals surface area contributed by atoms with Crippen molar-refractivity contribution in [3.05, 3.63) is 106 Å². The highest BCUT2D eigenvalue weighted by Gasteiger charge is 2.76. The van der Waals surface area contributed by atoms with Crippen molar-refractivity contribution in [1.82, 2.24) is 5.32 Å². The number of rotatable bonds is 8. The largest absolute Gasteiger partial charge is 0.464 e. The van der Waals surface area contributed by atoms with Gasteiger partial charge in [-0.1, -0.05) is 60.2 Å². The summed E-state index contributed by atoms with van der Waals surface area (Å²) < 4.78 is 11.1. The fourth-order valence-electron chi connectivity index (χ4n) is 6.28. The first kappa shape index (κ1) is 29.6. The minimum absolute atomic E-state index is 0.0331. The second-order valence-corrected chi connectivity index (χ2v) is 10.5. The van der Waals surface area contributed by atoms with Crippen LogP contribution in [0.2, 0.25) is 0 Å². The molecule has 43 heavy (non-hydrogen) atoms. The second kappa shape index (κ2) is 11.4. The van der Waals surface area contributed by atoms with Gasteiger partial charge >= 0.3 is 11.9 Å². The highest BCUT2D eigenvalue weighted by Crippen LogP contribution is 2.61. The van der Waals surface area contributed by atoms with Crippen LogP contribution in [-0.4, -0.2) is 47.2 Å². The maximum Gasteiger partial charge on any atom is 0.338 e. The van der Waals surface area contributed by atoms with Crippen molar-refractivity contribution in [2.75, 3.05) is 18.2 Å². The van der Waals surface area contributed by atoms with Crippen LogP contribution >= 0.6 is 0 Å². The summed E-state index contributed by atoms with van der Waals surface area (Å²) in [6.07, 6.45) is 0. The molecule has 0 aromatic heterocycles. The van der Waals surface area contributed by atoms with E-state index < -0.39 is 45.7 Å². The van der Waals surface area contributed by atoms with Gasteiger partial charge in [-0.05, 0) is 51.0 Å². The molecule has 3 aromatic rings. The third kappa shape index (κ3) is 4.56. The number of amides is 1. The zero-order valence-corrected chi connectivity index (χ0v) is 24.3. The number of hydrogen-bond donors (Lipinski definition) is 1. The maximum atomic E-state index is 15.0. The molecule has 3 atom stereocenters. The third-order valence-corrected chi connectivity index (χ3v) is 8.15. The molecule has 0 saturated carbocycles. The van der Waals surface area contributed by atoms with E-state index in [0.717, 1.165) is 5.56 Å². The number of esters is 2. The fourth-order valence-corrected chi connectivity index (χ4v) is 6.28. The van der Waals surface area contributed by atoms with Crippen LogP contribution in [0.3, 0.4) is 0 Å². The molecule has 1 spiro atoms. The van der Waals surface area contributed by atoms with Crippen molar-refractivity contribution in [1.29, 1.82) is 0 Å². The Bertz CT molecular complexity index is 1570. The van der Waals surface area contributed by atoms with Crippen LogP contribution in [0, 0.1) is 22.5 Å². The summed E-state index contributed by atoms with van der Waals surface area (Å²) in [6.45, 7) is 6.78. The number of nitro groups is 1. The number of anilines is 1. The van der Waals surface area contributed by atoms with E-state index in [4.69, 9.17) is 14.6 Å². The van der Waals surface area contributed by atoms with Crippen LogP contribution < -0.4 is 10.3 Å². The first-order chi connectivity index (χ1) is 20.6. The topological polar surface area (TPSA) is 140 Å². The summed E-state index contributed by atoms with van der Waals surface area (Å²) in [7, 11) is 0. The Morgan fingerprint density at radius 2 is 1.47 bits per heavy atom.